The van der Waals surface area contributed by atoms with Crippen molar-refractivity contribution >= 4 is 16.6 Å². The van der Waals surface area contributed by atoms with E-state index in [1.165, 1.54) is 10.1 Å². The van der Waals surface area contributed by atoms with Gasteiger partial charge in [-0.15, -0.1) is 0 Å². The molecule has 6 heteroatoms. The summed E-state index contributed by atoms with van der Waals surface area (Å²) >= 11 is 0. The zero-order valence-corrected chi connectivity index (χ0v) is 20.2. The van der Waals surface area contributed by atoms with Gasteiger partial charge in [0.1, 0.15) is 0 Å². The zero-order valence-electron chi connectivity index (χ0n) is 20.2. The fourth-order valence-corrected chi connectivity index (χ4v) is 5.29. The van der Waals surface area contributed by atoms with E-state index in [1.807, 2.05) is 37.3 Å². The number of aromatic nitrogens is 3. The predicted octanol–water partition coefficient (Wildman–Crippen LogP) is 4.83. The van der Waals surface area contributed by atoms with Crippen molar-refractivity contribution in [3.63, 3.8) is 0 Å². The van der Waals surface area contributed by atoms with Gasteiger partial charge in [-0.25, -0.2) is 4.79 Å². The van der Waals surface area contributed by atoms with Gasteiger partial charge in [0.2, 0.25) is 0 Å². The molecule has 0 saturated carbocycles. The smallest absolute Gasteiger partial charge is 0.331 e. The average Bonchev–Trinajstić information content (AvgIpc) is 3.23. The summed E-state index contributed by atoms with van der Waals surface area (Å²) in [6, 6.07) is 24.4. The van der Waals surface area contributed by atoms with E-state index >= 15 is 0 Å². The van der Waals surface area contributed by atoms with Crippen LogP contribution in [0.5, 0.6) is 0 Å². The van der Waals surface area contributed by atoms with E-state index in [0.29, 0.717) is 10.9 Å². The maximum absolute atomic E-state index is 13.7. The number of rotatable bonds is 2. The Morgan fingerprint density at radius 2 is 1.54 bits per heavy atom. The van der Waals surface area contributed by atoms with Gasteiger partial charge in [-0.1, -0.05) is 65.7 Å². The lowest BCUT2D eigenvalue weighted by molar-refractivity contribution is 0.708. The molecule has 0 fully saturated rings. The van der Waals surface area contributed by atoms with Crippen LogP contribution in [0, 0.1) is 13.8 Å². The maximum Gasteiger partial charge on any atom is 0.331 e. The van der Waals surface area contributed by atoms with Crippen LogP contribution in [0.25, 0.3) is 27.8 Å². The van der Waals surface area contributed by atoms with Gasteiger partial charge in [-0.05, 0) is 43.2 Å². The molecule has 5 aromatic rings. The van der Waals surface area contributed by atoms with E-state index in [0.717, 1.165) is 39.5 Å². The van der Waals surface area contributed by atoms with Crippen molar-refractivity contribution in [2.45, 2.75) is 19.9 Å². The highest BCUT2D eigenvalue weighted by Crippen LogP contribution is 2.45. The van der Waals surface area contributed by atoms with Crippen molar-refractivity contribution < 1.29 is 0 Å². The molecule has 0 unspecified atom stereocenters. The molecule has 0 radical (unpaired) electrons. The molecular weight excluding hydrogens is 436 g/mol. The first-order valence-electron chi connectivity index (χ1n) is 11.7. The van der Waals surface area contributed by atoms with E-state index in [-0.39, 0.29) is 17.3 Å². The molecule has 0 amide bonds. The van der Waals surface area contributed by atoms with Crippen molar-refractivity contribution in [1.82, 2.24) is 13.7 Å². The Labute approximate surface area is 202 Å². The van der Waals surface area contributed by atoms with Crippen LogP contribution in [0.2, 0.25) is 0 Å². The molecule has 0 aliphatic carbocycles. The van der Waals surface area contributed by atoms with Crippen LogP contribution in [0.3, 0.4) is 0 Å². The molecule has 1 atom stereocenters. The van der Waals surface area contributed by atoms with Crippen molar-refractivity contribution in [2.75, 3.05) is 5.32 Å². The fourth-order valence-electron chi connectivity index (χ4n) is 5.29. The third-order valence-electron chi connectivity index (χ3n) is 7.03. The molecule has 2 aromatic heterocycles. The van der Waals surface area contributed by atoms with Crippen LogP contribution in [0.1, 0.15) is 28.4 Å². The second-order valence-corrected chi connectivity index (χ2v) is 9.37. The Bertz CT molecular complexity index is 1750. The molecule has 6 nitrogen and oxygen atoms in total. The molecule has 3 aromatic carbocycles. The monoisotopic (exact) mass is 462 g/mol. The summed E-state index contributed by atoms with van der Waals surface area (Å²) in [6.07, 6.45) is 0. The Balaban J connectivity index is 1.86. The summed E-state index contributed by atoms with van der Waals surface area (Å²) in [5.74, 6) is 0. The van der Waals surface area contributed by atoms with Gasteiger partial charge in [0.15, 0.2) is 0 Å². The Kier molecular flexibility index (Phi) is 4.61. The molecule has 6 rings (SSSR count). The zero-order chi connectivity index (χ0) is 24.4. The summed E-state index contributed by atoms with van der Waals surface area (Å²) in [4.78, 5) is 26.8. The van der Waals surface area contributed by atoms with Gasteiger partial charge in [-0.2, -0.15) is 0 Å². The minimum absolute atomic E-state index is 0.246. The van der Waals surface area contributed by atoms with Crippen LogP contribution >= 0.6 is 0 Å². The lowest BCUT2D eigenvalue weighted by Crippen LogP contribution is -2.37. The number of para-hydroxylation sites is 2. The van der Waals surface area contributed by atoms with Gasteiger partial charge in [-0.3, -0.25) is 13.9 Å². The molecule has 3 heterocycles. The molecule has 35 heavy (non-hydrogen) atoms. The predicted molar refractivity (Wildman–Crippen MR) is 141 cm³/mol. The Morgan fingerprint density at radius 3 is 2.29 bits per heavy atom. The van der Waals surface area contributed by atoms with E-state index in [2.05, 4.69) is 59.3 Å². The van der Waals surface area contributed by atoms with Crippen molar-refractivity contribution in [3.8, 4) is 16.9 Å². The number of benzene rings is 3. The third-order valence-corrected chi connectivity index (χ3v) is 7.03. The summed E-state index contributed by atoms with van der Waals surface area (Å²) in [7, 11) is 3.29. The SMILES string of the molecule is Cc1ccc([C@@H]2Nc3ccccc3-n3c(-c4cccc(C)c4)c4c(=O)n(C)c(=O)n(C)c4c32)cc1. The van der Waals surface area contributed by atoms with Gasteiger partial charge in [0.25, 0.3) is 5.56 Å². The number of nitrogens with one attached hydrogen (secondary N) is 1. The molecule has 0 spiro atoms. The van der Waals surface area contributed by atoms with E-state index in [4.69, 9.17) is 0 Å². The summed E-state index contributed by atoms with van der Waals surface area (Å²) < 4.78 is 4.99. The van der Waals surface area contributed by atoms with Crippen LogP contribution in [-0.4, -0.2) is 13.7 Å². The summed E-state index contributed by atoms with van der Waals surface area (Å²) in [5, 5.41) is 4.24. The molecule has 0 saturated heterocycles. The lowest BCUT2D eigenvalue weighted by atomic mass is 9.98. The first-order chi connectivity index (χ1) is 16.9. The molecule has 1 aliphatic rings. The minimum atomic E-state index is -0.340. The highest BCUT2D eigenvalue weighted by atomic mass is 16.2. The highest BCUT2D eigenvalue weighted by Gasteiger charge is 2.34. The summed E-state index contributed by atoms with van der Waals surface area (Å²) in [5.41, 5.74) is 7.92. The molecule has 1 aliphatic heterocycles. The van der Waals surface area contributed by atoms with Crippen molar-refractivity contribution in [2.24, 2.45) is 14.1 Å². The van der Waals surface area contributed by atoms with Crippen LogP contribution in [-0.2, 0) is 14.1 Å². The molecule has 1 N–H and O–H groups in total. The number of aryl methyl sites for hydroxylation is 3. The number of hydrogen-bond acceptors (Lipinski definition) is 3. The fraction of sp³-hybridized carbons (Fsp3) is 0.172. The minimum Gasteiger partial charge on any atom is -0.371 e. The van der Waals surface area contributed by atoms with E-state index in [9.17, 15) is 9.59 Å². The topological polar surface area (TPSA) is 61.0 Å². The second kappa shape index (κ2) is 7.60. The Hall–Kier alpha value is -4.32. The van der Waals surface area contributed by atoms with Gasteiger partial charge < -0.3 is 9.88 Å². The molecule has 0 bridgehead atoms. The number of nitrogens with zero attached hydrogens (tertiary/aromatic N) is 3. The highest BCUT2D eigenvalue weighted by molar-refractivity contribution is 5.99. The molecule has 174 valence electrons. The van der Waals surface area contributed by atoms with Gasteiger partial charge in [0, 0.05) is 14.1 Å². The number of hydrogen-bond donors (Lipinski definition) is 1. The maximum atomic E-state index is 13.7. The van der Waals surface area contributed by atoms with Crippen LogP contribution in [0.15, 0.2) is 82.4 Å². The Morgan fingerprint density at radius 1 is 0.800 bits per heavy atom. The first-order valence-corrected chi connectivity index (χ1v) is 11.7. The van der Waals surface area contributed by atoms with E-state index in [1.54, 1.807) is 18.7 Å². The van der Waals surface area contributed by atoms with Crippen LogP contribution in [0.4, 0.5) is 5.69 Å². The number of anilines is 1. The number of fused-ring (bicyclic) bond motifs is 5. The quantitative estimate of drug-likeness (QED) is 0.409. The normalized spacial score (nSPS) is 14.5. The van der Waals surface area contributed by atoms with E-state index < -0.39 is 0 Å². The standard InChI is InChI=1S/C29H26N4O2/c1-17-12-14-19(15-13-17)24-27-26-23(28(34)32(4)29(35)31(26)3)25(20-9-7-8-18(2)16-20)33(27)22-11-6-5-10-21(22)30-24/h5-16,24,30H,1-4H3/t24-/m0/s1. The first kappa shape index (κ1) is 21.2. The lowest BCUT2D eigenvalue weighted by Gasteiger charge is -2.31. The van der Waals surface area contributed by atoms with Gasteiger partial charge >= 0.3 is 5.69 Å². The van der Waals surface area contributed by atoms with Gasteiger partial charge in [0.05, 0.1) is 39.7 Å². The third kappa shape index (κ3) is 3.03. The molecular formula is C29H26N4O2. The average molecular weight is 463 g/mol. The van der Waals surface area contributed by atoms with Crippen molar-refractivity contribution in [3.05, 3.63) is 116 Å². The van der Waals surface area contributed by atoms with Crippen LogP contribution < -0.4 is 16.6 Å². The second-order valence-electron chi connectivity index (χ2n) is 9.37. The largest absolute Gasteiger partial charge is 0.371 e. The summed E-state index contributed by atoms with van der Waals surface area (Å²) in [6.45, 7) is 4.11. The van der Waals surface area contributed by atoms with Crippen molar-refractivity contribution in [1.29, 1.82) is 0 Å².